The Kier molecular flexibility index (Phi) is 47.7. The van der Waals surface area contributed by atoms with Crippen LogP contribution in [0.2, 0.25) is 0 Å². The normalized spacial score (nSPS) is 13.8. The van der Waals surface area contributed by atoms with Gasteiger partial charge in [0.25, 0.3) is 0 Å². The lowest BCUT2D eigenvalue weighted by Crippen LogP contribution is -2.30. The molecule has 0 aromatic heterocycles. The highest BCUT2D eigenvalue weighted by molar-refractivity contribution is 5.70. The van der Waals surface area contributed by atoms with Gasteiger partial charge in [0.1, 0.15) is 0 Å². The summed E-state index contributed by atoms with van der Waals surface area (Å²) < 4.78 is 0. The molecule has 0 spiro atoms. The summed E-state index contributed by atoms with van der Waals surface area (Å²) in [5, 5.41) is 33.1. The Bertz CT molecular complexity index is 946. The van der Waals surface area contributed by atoms with E-state index in [1.807, 2.05) is 0 Å². The van der Waals surface area contributed by atoms with Crippen LogP contribution in [-0.2, 0) is 9.59 Å². The van der Waals surface area contributed by atoms with Crippen LogP contribution in [-0.4, -0.2) is 57.4 Å². The zero-order valence-corrected chi connectivity index (χ0v) is 46.4. The Morgan fingerprint density at radius 2 is 0.582 bits per heavy atom. The third kappa shape index (κ3) is 39.2. The van der Waals surface area contributed by atoms with Crippen LogP contribution in [0.4, 0.5) is 0 Å². The van der Waals surface area contributed by atoms with Crippen LogP contribution < -0.4 is 0 Å². The van der Waals surface area contributed by atoms with Crippen molar-refractivity contribution in [1.29, 1.82) is 0 Å². The molecule has 0 fully saturated rings. The number of hydrogen-bond acceptors (Lipinski definition) is 4. The van der Waals surface area contributed by atoms with Gasteiger partial charge in [-0.3, -0.25) is 9.59 Å². The molecule has 2 atom stereocenters. The first-order chi connectivity index (χ1) is 32.6. The van der Waals surface area contributed by atoms with Gasteiger partial charge in [0.05, 0.1) is 17.4 Å². The van der Waals surface area contributed by atoms with Gasteiger partial charge in [-0.1, -0.05) is 247 Å². The summed E-state index contributed by atoms with van der Waals surface area (Å²) in [6.45, 7) is 17.0. The maximum atomic E-state index is 12.7. The molecule has 0 saturated carbocycles. The van der Waals surface area contributed by atoms with E-state index in [0.29, 0.717) is 11.8 Å². The zero-order valence-electron chi connectivity index (χ0n) is 46.4. The molecule has 0 radical (unpaired) electrons. The van der Waals surface area contributed by atoms with Crippen LogP contribution in [0.25, 0.3) is 0 Å². The van der Waals surface area contributed by atoms with Gasteiger partial charge in [-0.25, -0.2) is 0 Å². The molecule has 0 heterocycles. The highest BCUT2D eigenvalue weighted by atomic mass is 16.4. The predicted octanol–water partition coefficient (Wildman–Crippen LogP) is 19.3. The Morgan fingerprint density at radius 3 is 0.866 bits per heavy atom. The second-order valence-electron chi connectivity index (χ2n) is 22.1. The second kappa shape index (κ2) is 48.5. The van der Waals surface area contributed by atoms with Gasteiger partial charge >= 0.3 is 11.9 Å². The predicted molar refractivity (Wildman–Crippen MR) is 292 cm³/mol. The molecule has 0 amide bonds. The first-order valence-electron chi connectivity index (χ1n) is 30.5. The van der Waals surface area contributed by atoms with E-state index in [0.717, 1.165) is 142 Å². The molecule has 0 aliphatic rings. The van der Waals surface area contributed by atoms with Crippen molar-refractivity contribution in [2.45, 2.75) is 336 Å². The van der Waals surface area contributed by atoms with Gasteiger partial charge in [0, 0.05) is 0 Å². The van der Waals surface area contributed by atoms with Crippen molar-refractivity contribution in [3.8, 4) is 0 Å². The highest BCUT2D eigenvalue weighted by Crippen LogP contribution is 2.34. The van der Waals surface area contributed by atoms with Gasteiger partial charge in [-0.15, -0.1) is 0 Å². The van der Waals surface area contributed by atoms with Gasteiger partial charge in [0.2, 0.25) is 0 Å². The summed E-state index contributed by atoms with van der Waals surface area (Å²) in [6.07, 6.45) is 51.4. The van der Waals surface area contributed by atoms with E-state index in [1.54, 1.807) is 0 Å². The Hall–Kier alpha value is -1.14. The number of rotatable bonds is 55. The number of aliphatic hydroxyl groups is 1. The molecular weight excluding hydrogens is 827 g/mol. The maximum absolute atomic E-state index is 12.7. The van der Waals surface area contributed by atoms with Crippen molar-refractivity contribution >= 4 is 11.9 Å². The SMILES string of the molecule is CCCCCCCCC(CCCCCCCC)C(CCCCCCC(O)(CCCCCCC(C(=O)O)C(CCCCCCCC)CCCCCCCC)CCCCN(CCC)CCC)C(=O)O. The van der Waals surface area contributed by atoms with E-state index < -0.39 is 17.5 Å². The summed E-state index contributed by atoms with van der Waals surface area (Å²) in [7, 11) is 0. The standard InChI is InChI=1S/C61H121NO5/c1-7-13-17-21-25-33-43-55(44-34-26-22-18-14-8-2)57(59(63)64)47-37-29-31-39-49-61(67,51-41-42-54-62(52-11-5)53-12-6)50-40-32-30-38-48-58(60(65)66)56(45-35-27-23-19-15-9-3)46-36-28-24-20-16-10-4/h55-58,67H,7-54H2,1-6H3,(H,63,64)(H,65,66). The fraction of sp³-hybridized carbons (Fsp3) is 0.967. The van der Waals surface area contributed by atoms with Crippen LogP contribution in [0.3, 0.4) is 0 Å². The maximum Gasteiger partial charge on any atom is 0.306 e. The topological polar surface area (TPSA) is 98.1 Å². The fourth-order valence-corrected chi connectivity index (χ4v) is 11.4. The largest absolute Gasteiger partial charge is 0.481 e. The molecule has 3 N–H and O–H groups in total. The minimum absolute atomic E-state index is 0.222. The number of carboxylic acids is 2. The Labute approximate surface area is 419 Å². The fourth-order valence-electron chi connectivity index (χ4n) is 11.4. The summed E-state index contributed by atoms with van der Waals surface area (Å²) in [5.41, 5.74) is -0.647. The number of carbonyl (C=O) groups is 2. The van der Waals surface area contributed by atoms with Crippen LogP contribution in [0, 0.1) is 23.7 Å². The van der Waals surface area contributed by atoms with E-state index in [4.69, 9.17) is 0 Å². The van der Waals surface area contributed by atoms with E-state index in [9.17, 15) is 24.9 Å². The number of hydrogen-bond donors (Lipinski definition) is 3. The first kappa shape index (κ1) is 65.9. The van der Waals surface area contributed by atoms with E-state index in [1.165, 1.54) is 167 Å². The van der Waals surface area contributed by atoms with E-state index in [-0.39, 0.29) is 11.8 Å². The van der Waals surface area contributed by atoms with Crippen LogP contribution >= 0.6 is 0 Å². The molecule has 400 valence electrons. The second-order valence-corrected chi connectivity index (χ2v) is 22.1. The molecule has 2 unspecified atom stereocenters. The van der Waals surface area contributed by atoms with Crippen molar-refractivity contribution in [3.05, 3.63) is 0 Å². The van der Waals surface area contributed by atoms with Crippen molar-refractivity contribution < 1.29 is 24.9 Å². The zero-order chi connectivity index (χ0) is 49.5. The molecule has 0 aliphatic heterocycles. The monoisotopic (exact) mass is 948 g/mol. The number of unbranched alkanes of at least 4 members (excludes halogenated alkanes) is 27. The molecule has 0 aliphatic carbocycles. The van der Waals surface area contributed by atoms with Crippen LogP contribution in [0.1, 0.15) is 330 Å². The Balaban J connectivity index is 5.38. The summed E-state index contributed by atoms with van der Waals surface area (Å²) in [4.78, 5) is 28.0. The third-order valence-electron chi connectivity index (χ3n) is 15.7. The molecule has 0 rings (SSSR count). The smallest absolute Gasteiger partial charge is 0.306 e. The van der Waals surface area contributed by atoms with Crippen molar-refractivity contribution in [1.82, 2.24) is 4.90 Å². The molecule has 6 nitrogen and oxygen atoms in total. The van der Waals surface area contributed by atoms with Gasteiger partial charge in [-0.2, -0.15) is 0 Å². The average Bonchev–Trinajstić information content (AvgIpc) is 3.30. The lowest BCUT2D eigenvalue weighted by Gasteiger charge is -2.29. The lowest BCUT2D eigenvalue weighted by molar-refractivity contribution is -0.145. The van der Waals surface area contributed by atoms with Crippen molar-refractivity contribution in [3.63, 3.8) is 0 Å². The molecule has 0 saturated heterocycles. The molecule has 67 heavy (non-hydrogen) atoms. The molecule has 0 bridgehead atoms. The summed E-state index contributed by atoms with van der Waals surface area (Å²) in [6, 6.07) is 0. The number of carboxylic acid groups (broad SMARTS) is 2. The van der Waals surface area contributed by atoms with Crippen molar-refractivity contribution in [2.24, 2.45) is 23.7 Å². The number of nitrogens with zero attached hydrogens (tertiary/aromatic N) is 1. The molecule has 0 aromatic carbocycles. The van der Waals surface area contributed by atoms with Crippen LogP contribution in [0.15, 0.2) is 0 Å². The van der Waals surface area contributed by atoms with E-state index in [2.05, 4.69) is 46.4 Å². The lowest BCUT2D eigenvalue weighted by atomic mass is 9.80. The van der Waals surface area contributed by atoms with Crippen LogP contribution in [0.5, 0.6) is 0 Å². The van der Waals surface area contributed by atoms with Crippen molar-refractivity contribution in [2.75, 3.05) is 19.6 Å². The average molecular weight is 949 g/mol. The summed E-state index contributed by atoms with van der Waals surface area (Å²) >= 11 is 0. The molecule has 6 heteroatoms. The first-order valence-corrected chi connectivity index (χ1v) is 30.5. The number of aliphatic carboxylic acids is 2. The minimum Gasteiger partial charge on any atom is -0.481 e. The molecular formula is C61H121NO5. The van der Waals surface area contributed by atoms with Gasteiger partial charge < -0.3 is 20.2 Å². The third-order valence-corrected chi connectivity index (χ3v) is 15.7. The van der Waals surface area contributed by atoms with Gasteiger partial charge in [-0.05, 0) is 115 Å². The van der Waals surface area contributed by atoms with E-state index >= 15 is 0 Å². The highest BCUT2D eigenvalue weighted by Gasteiger charge is 2.29. The minimum atomic E-state index is -0.647. The molecule has 0 aromatic rings. The quantitative estimate of drug-likeness (QED) is 0.0526. The van der Waals surface area contributed by atoms with Gasteiger partial charge in [0.15, 0.2) is 0 Å². The Morgan fingerprint density at radius 1 is 0.328 bits per heavy atom. The summed E-state index contributed by atoms with van der Waals surface area (Å²) in [5.74, 6) is -0.991.